The number of oxime groups is 1. The Bertz CT molecular complexity index is 1220. The van der Waals surface area contributed by atoms with Gasteiger partial charge in [0.2, 0.25) is 0 Å². The summed E-state index contributed by atoms with van der Waals surface area (Å²) < 4.78 is 17.0. The minimum atomic E-state index is -0.453. The van der Waals surface area contributed by atoms with E-state index in [0.29, 0.717) is 23.8 Å². The average molecular weight is 434 g/mol. The fourth-order valence-corrected chi connectivity index (χ4v) is 3.73. The van der Waals surface area contributed by atoms with E-state index in [9.17, 15) is 0 Å². The lowest BCUT2D eigenvalue weighted by atomic mass is 10.1. The molecule has 2 aromatic carbocycles. The molecule has 3 aromatic rings. The number of aromatic amines is 1. The van der Waals surface area contributed by atoms with Gasteiger partial charge in [0, 0.05) is 34.1 Å². The second kappa shape index (κ2) is 8.85. The van der Waals surface area contributed by atoms with Crippen LogP contribution in [0, 0.1) is 12.3 Å². The number of likely N-dealkylation sites (N-methyl/N-ethyl adjacent to an activating group) is 1. The van der Waals surface area contributed by atoms with Crippen LogP contribution in [0.5, 0.6) is 17.2 Å². The van der Waals surface area contributed by atoms with Crippen LogP contribution >= 0.6 is 0 Å². The van der Waals surface area contributed by atoms with Gasteiger partial charge >= 0.3 is 0 Å². The summed E-state index contributed by atoms with van der Waals surface area (Å²) in [5.74, 6) is 4.60. The molecule has 0 bridgehead atoms. The molecule has 0 amide bonds. The molecule has 4 rings (SSSR count). The molecule has 1 atom stereocenters. The van der Waals surface area contributed by atoms with Gasteiger partial charge in [-0.15, -0.1) is 6.42 Å². The molecule has 7 nitrogen and oxygen atoms in total. The van der Waals surface area contributed by atoms with Crippen LogP contribution in [0.4, 0.5) is 0 Å². The van der Waals surface area contributed by atoms with Crippen molar-refractivity contribution in [1.82, 2.24) is 9.88 Å². The van der Waals surface area contributed by atoms with E-state index in [2.05, 4.69) is 21.0 Å². The molecule has 1 aliphatic rings. The highest BCUT2D eigenvalue weighted by Crippen LogP contribution is 2.46. The topological polar surface area (TPSA) is 68.3 Å². The van der Waals surface area contributed by atoms with Crippen molar-refractivity contribution in [3.63, 3.8) is 0 Å². The van der Waals surface area contributed by atoms with E-state index in [-0.39, 0.29) is 0 Å². The van der Waals surface area contributed by atoms with E-state index < -0.39 is 6.10 Å². The number of hydrogen-bond donors (Lipinski definition) is 1. The third kappa shape index (κ3) is 3.85. The molecule has 1 aromatic heterocycles. The molecular formula is C25H27N3O4. The van der Waals surface area contributed by atoms with Crippen LogP contribution in [0.15, 0.2) is 35.5 Å². The lowest BCUT2D eigenvalue weighted by molar-refractivity contribution is 0.113. The maximum atomic E-state index is 5.96. The van der Waals surface area contributed by atoms with Crippen molar-refractivity contribution in [2.45, 2.75) is 13.0 Å². The summed E-state index contributed by atoms with van der Waals surface area (Å²) in [7, 11) is 7.27. The highest BCUT2D eigenvalue weighted by molar-refractivity contribution is 6.30. The zero-order valence-corrected chi connectivity index (χ0v) is 19.0. The lowest BCUT2D eigenvalue weighted by Gasteiger charge is -2.12. The Morgan fingerprint density at radius 1 is 1.09 bits per heavy atom. The first-order chi connectivity index (χ1) is 15.5. The number of benzene rings is 2. The second-order valence-electron chi connectivity index (χ2n) is 7.84. The Morgan fingerprint density at radius 2 is 1.81 bits per heavy atom. The van der Waals surface area contributed by atoms with Crippen LogP contribution in [0.25, 0.3) is 22.2 Å². The van der Waals surface area contributed by atoms with Crippen molar-refractivity contribution in [2.24, 2.45) is 5.16 Å². The molecule has 0 saturated carbocycles. The maximum absolute atomic E-state index is 5.96. The van der Waals surface area contributed by atoms with Gasteiger partial charge in [-0.3, -0.25) is 0 Å². The van der Waals surface area contributed by atoms with Gasteiger partial charge in [-0.25, -0.2) is 0 Å². The Morgan fingerprint density at radius 3 is 2.47 bits per heavy atom. The zero-order chi connectivity index (χ0) is 22.8. The molecule has 1 aliphatic carbocycles. The van der Waals surface area contributed by atoms with Crippen LogP contribution in [-0.2, 0) is 4.84 Å². The summed E-state index contributed by atoms with van der Waals surface area (Å²) in [5.41, 5.74) is 5.39. The lowest BCUT2D eigenvalue weighted by Crippen LogP contribution is -2.19. The number of ether oxygens (including phenoxy) is 3. The largest absolute Gasteiger partial charge is 0.493 e. The first kappa shape index (κ1) is 21.6. The predicted molar refractivity (Wildman–Crippen MR) is 126 cm³/mol. The van der Waals surface area contributed by atoms with Gasteiger partial charge in [0.1, 0.15) is 18.1 Å². The standard InChI is InChI=1S/C25H27N3O4/c1-7-15(2)32-27-25-18-14-22(30-6)21(29-5)13-17(18)24-23(25)19-12-16(8-9-20(19)26-24)31-11-10-28(3)4/h1,8-9,12-15,26H,10-11H2,2-6H3/t15-/m1/s1. The number of aromatic nitrogens is 1. The molecule has 0 spiro atoms. The van der Waals surface area contributed by atoms with Crippen LogP contribution in [0.3, 0.4) is 0 Å². The minimum absolute atomic E-state index is 0.453. The first-order valence-corrected chi connectivity index (χ1v) is 10.4. The molecule has 7 heteroatoms. The number of methoxy groups -OCH3 is 2. The highest BCUT2D eigenvalue weighted by atomic mass is 16.6. The van der Waals surface area contributed by atoms with E-state index in [1.165, 1.54) is 0 Å². The summed E-state index contributed by atoms with van der Waals surface area (Å²) in [6.45, 7) is 3.21. The van der Waals surface area contributed by atoms with Crippen molar-refractivity contribution in [3.05, 3.63) is 41.5 Å². The van der Waals surface area contributed by atoms with Gasteiger partial charge < -0.3 is 28.9 Å². The molecule has 32 heavy (non-hydrogen) atoms. The van der Waals surface area contributed by atoms with Crippen LogP contribution < -0.4 is 14.2 Å². The molecular weight excluding hydrogens is 406 g/mol. The Kier molecular flexibility index (Phi) is 5.97. The van der Waals surface area contributed by atoms with E-state index >= 15 is 0 Å². The van der Waals surface area contributed by atoms with Crippen LogP contribution in [0.2, 0.25) is 0 Å². The van der Waals surface area contributed by atoms with Crippen molar-refractivity contribution in [3.8, 4) is 40.8 Å². The normalized spacial score (nSPS) is 14.2. The molecule has 0 radical (unpaired) electrons. The van der Waals surface area contributed by atoms with Gasteiger partial charge in [0.05, 0.1) is 19.9 Å². The fourth-order valence-electron chi connectivity index (χ4n) is 3.73. The summed E-state index contributed by atoms with van der Waals surface area (Å²) in [6.07, 6.45) is 5.03. The molecule has 166 valence electrons. The quantitative estimate of drug-likeness (QED) is 0.337. The number of H-pyrrole nitrogens is 1. The second-order valence-corrected chi connectivity index (χ2v) is 7.84. The molecule has 0 aliphatic heterocycles. The summed E-state index contributed by atoms with van der Waals surface area (Å²) in [4.78, 5) is 11.2. The zero-order valence-electron chi connectivity index (χ0n) is 19.0. The van der Waals surface area contributed by atoms with Gasteiger partial charge in [0.25, 0.3) is 0 Å². The van der Waals surface area contributed by atoms with E-state index in [4.69, 9.17) is 25.5 Å². The maximum Gasteiger partial charge on any atom is 0.184 e. The molecule has 0 saturated heterocycles. The number of rotatable bonds is 8. The number of fused-ring (bicyclic) bond motifs is 5. The van der Waals surface area contributed by atoms with E-state index in [1.54, 1.807) is 21.1 Å². The molecule has 1 heterocycles. The molecule has 0 unspecified atom stereocenters. The number of hydrogen-bond acceptors (Lipinski definition) is 6. The van der Waals surface area contributed by atoms with Crippen LogP contribution in [0.1, 0.15) is 18.1 Å². The van der Waals surface area contributed by atoms with Crippen LogP contribution in [-0.4, -0.2) is 63.2 Å². The van der Waals surface area contributed by atoms with E-state index in [1.807, 2.05) is 44.4 Å². The molecule has 0 fully saturated rings. The van der Waals surface area contributed by atoms with Crippen molar-refractivity contribution >= 4 is 16.6 Å². The Balaban J connectivity index is 1.85. The van der Waals surface area contributed by atoms with E-state index in [0.717, 1.165) is 45.6 Å². The van der Waals surface area contributed by atoms with Crippen molar-refractivity contribution < 1.29 is 19.0 Å². The molecule has 1 N–H and O–H groups in total. The first-order valence-electron chi connectivity index (χ1n) is 10.4. The third-order valence-electron chi connectivity index (χ3n) is 5.40. The number of nitrogens with zero attached hydrogens (tertiary/aromatic N) is 2. The van der Waals surface area contributed by atoms with Crippen molar-refractivity contribution in [2.75, 3.05) is 41.5 Å². The number of terminal acetylenes is 1. The Hall–Kier alpha value is -3.63. The summed E-state index contributed by atoms with van der Waals surface area (Å²) >= 11 is 0. The summed E-state index contributed by atoms with van der Waals surface area (Å²) in [5, 5.41) is 5.45. The monoisotopic (exact) mass is 433 g/mol. The summed E-state index contributed by atoms with van der Waals surface area (Å²) in [6, 6.07) is 9.87. The van der Waals surface area contributed by atoms with Gasteiger partial charge in [-0.2, -0.15) is 0 Å². The van der Waals surface area contributed by atoms with Crippen molar-refractivity contribution in [1.29, 1.82) is 0 Å². The smallest absolute Gasteiger partial charge is 0.184 e. The Labute approximate surface area is 187 Å². The van der Waals surface area contributed by atoms with Gasteiger partial charge in [0.15, 0.2) is 17.6 Å². The predicted octanol–water partition coefficient (Wildman–Crippen LogP) is 3.90. The fraction of sp³-hybridized carbons (Fsp3) is 0.320. The van der Waals surface area contributed by atoms with Gasteiger partial charge in [-0.1, -0.05) is 11.1 Å². The SMILES string of the molecule is C#C[C@@H](C)ON=C1c2cc(OC)c(OC)cc2-c2[nH]c3ccc(OCCN(C)C)cc3c21. The average Bonchev–Trinajstić information content (AvgIpc) is 3.30. The number of nitrogens with one attached hydrogen (secondary N) is 1. The minimum Gasteiger partial charge on any atom is -0.493 e. The van der Waals surface area contributed by atoms with Gasteiger partial charge in [-0.05, 0) is 51.4 Å². The highest BCUT2D eigenvalue weighted by Gasteiger charge is 2.32. The third-order valence-corrected chi connectivity index (χ3v) is 5.40.